The van der Waals surface area contributed by atoms with E-state index < -0.39 is 0 Å². The molecule has 3 aromatic heterocycles. The van der Waals surface area contributed by atoms with Gasteiger partial charge in [-0.2, -0.15) is 0 Å². The quantitative estimate of drug-likeness (QED) is 0.168. The second kappa shape index (κ2) is 14.3. The van der Waals surface area contributed by atoms with Crippen LogP contribution >= 0.6 is 11.3 Å². The first-order valence-corrected chi connectivity index (χ1v) is 22.2. The topological polar surface area (TPSA) is 43.6 Å². The third-order valence-corrected chi connectivity index (χ3v) is 13.8. The van der Waals surface area contributed by atoms with Gasteiger partial charge in [-0.1, -0.05) is 152 Å². The molecule has 1 aliphatic rings. The van der Waals surface area contributed by atoms with Crippen molar-refractivity contribution in [1.82, 2.24) is 19.5 Å². The van der Waals surface area contributed by atoms with Gasteiger partial charge in [-0.3, -0.25) is 0 Å². The molecule has 0 spiro atoms. The average molecular weight is 821 g/mol. The Morgan fingerprint density at radius 1 is 0.349 bits per heavy atom. The lowest BCUT2D eigenvalue weighted by Gasteiger charge is -2.11. The summed E-state index contributed by atoms with van der Waals surface area (Å²) < 4.78 is 4.83. The number of para-hydroxylation sites is 1. The maximum atomic E-state index is 5.29. The SMILES string of the molecule is c1ccc(-c2cccc(-n3c4ccccc4c4cc(-c5ccc6sc7cccc(-c8nc(-c9ccccc9)nc(-c9ccc%10c(c9)-c9ccccc9C%10)n8)c7c6c5)ccc43)c2)cc1. The molecule has 4 nitrogen and oxygen atoms in total. The summed E-state index contributed by atoms with van der Waals surface area (Å²) >= 11 is 1.81. The molecule has 63 heavy (non-hydrogen) atoms. The molecular formula is C58H36N4S. The highest BCUT2D eigenvalue weighted by molar-refractivity contribution is 7.26. The van der Waals surface area contributed by atoms with Crippen LogP contribution in [0, 0.1) is 0 Å². The number of thiophene rings is 1. The van der Waals surface area contributed by atoms with Crippen LogP contribution in [0.15, 0.2) is 206 Å². The van der Waals surface area contributed by atoms with E-state index in [1.165, 1.54) is 81.1 Å². The van der Waals surface area contributed by atoms with Gasteiger partial charge in [0.2, 0.25) is 0 Å². The molecule has 1 aliphatic carbocycles. The molecule has 0 fully saturated rings. The fraction of sp³-hybridized carbons (Fsp3) is 0.0172. The van der Waals surface area contributed by atoms with E-state index in [9.17, 15) is 0 Å². The Hall–Kier alpha value is -7.99. The van der Waals surface area contributed by atoms with Crippen molar-refractivity contribution in [2.24, 2.45) is 0 Å². The van der Waals surface area contributed by atoms with Crippen molar-refractivity contribution in [3.8, 4) is 73.2 Å². The molecule has 0 radical (unpaired) electrons. The lowest BCUT2D eigenvalue weighted by atomic mass is 9.99. The molecule has 5 heteroatoms. The number of rotatable bonds is 6. The minimum Gasteiger partial charge on any atom is -0.309 e. The fourth-order valence-corrected chi connectivity index (χ4v) is 10.8. The highest BCUT2D eigenvalue weighted by Crippen LogP contribution is 2.43. The van der Waals surface area contributed by atoms with Crippen LogP contribution < -0.4 is 0 Å². The number of hydrogen-bond donors (Lipinski definition) is 0. The first-order chi connectivity index (χ1) is 31.2. The second-order valence-corrected chi connectivity index (χ2v) is 17.5. The molecule has 0 unspecified atom stereocenters. The van der Waals surface area contributed by atoms with Crippen molar-refractivity contribution in [2.75, 3.05) is 0 Å². The third kappa shape index (κ3) is 5.93. The molecule has 0 atom stereocenters. The summed E-state index contributed by atoms with van der Waals surface area (Å²) in [6, 6.07) is 74.2. The number of benzene rings is 9. The average Bonchev–Trinajstić information content (AvgIpc) is 4.03. The first-order valence-electron chi connectivity index (χ1n) is 21.4. The molecule has 13 rings (SSSR count). The number of nitrogens with zero attached hydrogens (tertiary/aromatic N) is 4. The Balaban J connectivity index is 0.954. The van der Waals surface area contributed by atoms with Crippen LogP contribution in [0.2, 0.25) is 0 Å². The standard InChI is InChI=1S/C58H36N4S/c1-3-13-36(14-4-1)38-18-11-19-44(32-38)62-51-23-10-9-21-46(51)49-33-39(27-29-52(49)62)40-28-30-53-50(34-40)55-47(22-12-24-54(55)63-53)58-60-56(37-15-5-2-6-16-37)59-57(61-58)43-26-25-42-31-41-17-7-8-20-45(41)48(42)35-43/h1-30,32-35H,31H2. The molecule has 9 aromatic carbocycles. The minimum atomic E-state index is 0.660. The van der Waals surface area contributed by atoms with Gasteiger partial charge in [0.05, 0.1) is 11.0 Å². The van der Waals surface area contributed by atoms with Gasteiger partial charge in [-0.15, -0.1) is 11.3 Å². The van der Waals surface area contributed by atoms with E-state index in [0.717, 1.165) is 34.2 Å². The van der Waals surface area contributed by atoms with E-state index in [1.807, 2.05) is 29.5 Å². The van der Waals surface area contributed by atoms with Crippen molar-refractivity contribution in [3.63, 3.8) is 0 Å². The highest BCUT2D eigenvalue weighted by Gasteiger charge is 2.22. The van der Waals surface area contributed by atoms with Crippen molar-refractivity contribution < 1.29 is 0 Å². The van der Waals surface area contributed by atoms with Crippen LogP contribution in [-0.4, -0.2) is 19.5 Å². The molecule has 12 aromatic rings. The van der Waals surface area contributed by atoms with Gasteiger partial charge in [-0.05, 0) is 106 Å². The smallest absolute Gasteiger partial charge is 0.164 e. The molecular weight excluding hydrogens is 785 g/mol. The Morgan fingerprint density at radius 2 is 0.968 bits per heavy atom. The summed E-state index contributed by atoms with van der Waals surface area (Å²) in [5, 5.41) is 4.82. The van der Waals surface area contributed by atoms with Crippen LogP contribution in [0.1, 0.15) is 11.1 Å². The van der Waals surface area contributed by atoms with E-state index in [1.54, 1.807) is 0 Å². The van der Waals surface area contributed by atoms with Crippen LogP contribution in [0.4, 0.5) is 0 Å². The number of aromatic nitrogens is 4. The zero-order valence-corrected chi connectivity index (χ0v) is 34.9. The van der Waals surface area contributed by atoms with Crippen LogP contribution in [0.5, 0.6) is 0 Å². The van der Waals surface area contributed by atoms with Crippen LogP contribution in [0.3, 0.4) is 0 Å². The molecule has 3 heterocycles. The molecule has 0 saturated carbocycles. The normalized spacial score (nSPS) is 12.1. The summed E-state index contributed by atoms with van der Waals surface area (Å²) in [4.78, 5) is 15.6. The molecule has 0 aliphatic heterocycles. The molecule has 0 bridgehead atoms. The fourth-order valence-electron chi connectivity index (χ4n) is 9.68. The van der Waals surface area contributed by atoms with Crippen molar-refractivity contribution in [1.29, 1.82) is 0 Å². The van der Waals surface area contributed by atoms with E-state index in [-0.39, 0.29) is 0 Å². The molecule has 294 valence electrons. The van der Waals surface area contributed by atoms with Crippen LogP contribution in [-0.2, 0) is 6.42 Å². The lowest BCUT2D eigenvalue weighted by molar-refractivity contribution is 1.08. The van der Waals surface area contributed by atoms with Gasteiger partial charge in [0.25, 0.3) is 0 Å². The van der Waals surface area contributed by atoms with E-state index in [2.05, 4.69) is 193 Å². The van der Waals surface area contributed by atoms with E-state index >= 15 is 0 Å². The van der Waals surface area contributed by atoms with Crippen molar-refractivity contribution in [3.05, 3.63) is 217 Å². The lowest BCUT2D eigenvalue weighted by Crippen LogP contribution is -2.00. The molecule has 0 amide bonds. The van der Waals surface area contributed by atoms with Gasteiger partial charge in [0, 0.05) is 53.3 Å². The van der Waals surface area contributed by atoms with Crippen molar-refractivity contribution >= 4 is 53.3 Å². The Labute approximate surface area is 368 Å². The summed E-state index contributed by atoms with van der Waals surface area (Å²) in [5.41, 5.74) is 16.4. The van der Waals surface area contributed by atoms with E-state index in [0.29, 0.717) is 17.5 Å². The van der Waals surface area contributed by atoms with Gasteiger partial charge in [-0.25, -0.2) is 15.0 Å². The Kier molecular flexibility index (Phi) is 8.11. The van der Waals surface area contributed by atoms with Crippen molar-refractivity contribution in [2.45, 2.75) is 6.42 Å². The summed E-state index contributed by atoms with van der Waals surface area (Å²) in [5.74, 6) is 2.00. The molecule has 0 N–H and O–H groups in total. The van der Waals surface area contributed by atoms with Gasteiger partial charge in [0.1, 0.15) is 0 Å². The summed E-state index contributed by atoms with van der Waals surface area (Å²) in [6.07, 6.45) is 0.944. The largest absolute Gasteiger partial charge is 0.309 e. The maximum Gasteiger partial charge on any atom is 0.164 e. The molecule has 0 saturated heterocycles. The monoisotopic (exact) mass is 820 g/mol. The summed E-state index contributed by atoms with van der Waals surface area (Å²) in [7, 11) is 0. The maximum absolute atomic E-state index is 5.29. The second-order valence-electron chi connectivity index (χ2n) is 16.4. The zero-order chi connectivity index (χ0) is 41.4. The van der Waals surface area contributed by atoms with E-state index in [4.69, 9.17) is 15.0 Å². The number of hydrogen-bond acceptors (Lipinski definition) is 4. The predicted molar refractivity (Wildman–Crippen MR) is 262 cm³/mol. The highest BCUT2D eigenvalue weighted by atomic mass is 32.1. The first kappa shape index (κ1) is 35.7. The predicted octanol–water partition coefficient (Wildman–Crippen LogP) is 15.2. The number of fused-ring (bicyclic) bond motifs is 9. The zero-order valence-electron chi connectivity index (χ0n) is 34.0. The Morgan fingerprint density at radius 3 is 1.84 bits per heavy atom. The van der Waals surface area contributed by atoms with Gasteiger partial charge >= 0.3 is 0 Å². The third-order valence-electron chi connectivity index (χ3n) is 12.7. The summed E-state index contributed by atoms with van der Waals surface area (Å²) in [6.45, 7) is 0. The van der Waals surface area contributed by atoms with Crippen LogP contribution in [0.25, 0.3) is 115 Å². The Bertz CT molecular complexity index is 3770. The van der Waals surface area contributed by atoms with Gasteiger partial charge in [0.15, 0.2) is 17.5 Å². The van der Waals surface area contributed by atoms with Gasteiger partial charge < -0.3 is 4.57 Å². The minimum absolute atomic E-state index is 0.660.